The molecule has 0 radical (unpaired) electrons. The summed E-state index contributed by atoms with van der Waals surface area (Å²) in [6, 6.07) is 13.4. The van der Waals surface area contributed by atoms with Gasteiger partial charge in [0.15, 0.2) is 0 Å². The first-order valence-electron chi connectivity index (χ1n) is 7.83. The Hall–Kier alpha value is -2.79. The van der Waals surface area contributed by atoms with Crippen LogP contribution in [-0.2, 0) is 0 Å². The molecule has 2 N–H and O–H groups in total. The van der Waals surface area contributed by atoms with Crippen LogP contribution < -0.4 is 15.4 Å². The van der Waals surface area contributed by atoms with Crippen LogP contribution >= 0.6 is 11.6 Å². The quantitative estimate of drug-likeness (QED) is 0.656. The van der Waals surface area contributed by atoms with Gasteiger partial charge in [0.05, 0.1) is 12.1 Å². The van der Waals surface area contributed by atoms with Crippen LogP contribution in [0.1, 0.15) is 11.1 Å². The maximum Gasteiger partial charge on any atom is 0.229 e. The van der Waals surface area contributed by atoms with Crippen LogP contribution in [0.5, 0.6) is 5.75 Å². The zero-order chi connectivity index (χ0) is 17.8. The monoisotopic (exact) mass is 354 g/mol. The van der Waals surface area contributed by atoms with Crippen LogP contribution in [0.2, 0.25) is 5.02 Å². The molecule has 0 amide bonds. The van der Waals surface area contributed by atoms with Crippen molar-refractivity contribution in [2.24, 2.45) is 0 Å². The number of ether oxygens (including phenoxy) is 1. The number of halogens is 1. The second kappa shape index (κ2) is 7.40. The molecule has 25 heavy (non-hydrogen) atoms. The Labute approximate surface area is 152 Å². The number of aryl methyl sites for hydroxylation is 1. The molecular formula is C19H19ClN4O. The van der Waals surface area contributed by atoms with Crippen molar-refractivity contribution in [3.8, 4) is 5.75 Å². The molecule has 0 bridgehead atoms. The summed E-state index contributed by atoms with van der Waals surface area (Å²) >= 11 is 6.15. The summed E-state index contributed by atoms with van der Waals surface area (Å²) in [7, 11) is 1.58. The number of hydrogen-bond acceptors (Lipinski definition) is 5. The molecule has 0 fully saturated rings. The number of rotatable bonds is 5. The fourth-order valence-electron chi connectivity index (χ4n) is 2.39. The van der Waals surface area contributed by atoms with Gasteiger partial charge in [-0.05, 0) is 55.3 Å². The second-order valence-corrected chi connectivity index (χ2v) is 6.02. The molecule has 0 saturated carbocycles. The summed E-state index contributed by atoms with van der Waals surface area (Å²) in [6.07, 6.45) is 1.70. The van der Waals surface area contributed by atoms with E-state index in [9.17, 15) is 0 Å². The highest BCUT2D eigenvalue weighted by Crippen LogP contribution is 2.28. The Balaban J connectivity index is 1.79. The highest BCUT2D eigenvalue weighted by atomic mass is 35.5. The highest BCUT2D eigenvalue weighted by molar-refractivity contribution is 6.32. The number of anilines is 4. The molecule has 0 unspecified atom stereocenters. The van der Waals surface area contributed by atoms with Crippen molar-refractivity contribution in [1.29, 1.82) is 0 Å². The van der Waals surface area contributed by atoms with Crippen molar-refractivity contribution in [2.45, 2.75) is 13.8 Å². The molecule has 0 spiro atoms. The molecular weight excluding hydrogens is 336 g/mol. The van der Waals surface area contributed by atoms with E-state index >= 15 is 0 Å². The topological polar surface area (TPSA) is 59.1 Å². The van der Waals surface area contributed by atoms with E-state index in [1.54, 1.807) is 25.4 Å². The summed E-state index contributed by atoms with van der Waals surface area (Å²) in [5.74, 6) is 1.82. The predicted octanol–water partition coefficient (Wildman–Crippen LogP) is 5.24. The van der Waals surface area contributed by atoms with Crippen LogP contribution in [0.3, 0.4) is 0 Å². The first-order valence-corrected chi connectivity index (χ1v) is 8.21. The summed E-state index contributed by atoms with van der Waals surface area (Å²) < 4.78 is 5.16. The first kappa shape index (κ1) is 17.0. The maximum absolute atomic E-state index is 6.15. The van der Waals surface area contributed by atoms with Gasteiger partial charge in [-0.15, -0.1) is 0 Å². The smallest absolute Gasteiger partial charge is 0.229 e. The van der Waals surface area contributed by atoms with Crippen molar-refractivity contribution in [1.82, 2.24) is 9.97 Å². The first-order chi connectivity index (χ1) is 12.1. The highest BCUT2D eigenvalue weighted by Gasteiger charge is 2.06. The summed E-state index contributed by atoms with van der Waals surface area (Å²) in [5, 5.41) is 7.00. The van der Waals surface area contributed by atoms with E-state index in [0.717, 1.165) is 11.4 Å². The van der Waals surface area contributed by atoms with Gasteiger partial charge in [0.2, 0.25) is 5.95 Å². The van der Waals surface area contributed by atoms with E-state index in [0.29, 0.717) is 22.5 Å². The molecule has 0 aliphatic heterocycles. The molecule has 3 aromatic rings. The summed E-state index contributed by atoms with van der Waals surface area (Å²) in [4.78, 5) is 8.75. The third-order valence-electron chi connectivity index (χ3n) is 3.93. The number of nitrogens with one attached hydrogen (secondary N) is 2. The van der Waals surface area contributed by atoms with Crippen LogP contribution in [0.15, 0.2) is 48.7 Å². The van der Waals surface area contributed by atoms with E-state index in [-0.39, 0.29) is 0 Å². The molecule has 0 atom stereocenters. The third-order valence-corrected chi connectivity index (χ3v) is 4.23. The summed E-state index contributed by atoms with van der Waals surface area (Å²) in [5.41, 5.74) is 4.23. The Morgan fingerprint density at radius 1 is 1.04 bits per heavy atom. The second-order valence-electron chi connectivity index (χ2n) is 5.61. The van der Waals surface area contributed by atoms with Crippen LogP contribution in [0.25, 0.3) is 0 Å². The lowest BCUT2D eigenvalue weighted by Gasteiger charge is -2.12. The summed E-state index contributed by atoms with van der Waals surface area (Å²) in [6.45, 7) is 4.16. The molecule has 0 saturated heterocycles. The fourth-order valence-corrected chi connectivity index (χ4v) is 2.64. The van der Waals surface area contributed by atoms with Gasteiger partial charge in [-0.3, -0.25) is 0 Å². The number of benzene rings is 2. The van der Waals surface area contributed by atoms with Crippen molar-refractivity contribution < 1.29 is 4.74 Å². The Bertz CT molecular complexity index is 898. The largest absolute Gasteiger partial charge is 0.495 e. The van der Waals surface area contributed by atoms with Gasteiger partial charge >= 0.3 is 0 Å². The minimum absolute atomic E-state index is 0.483. The van der Waals surface area contributed by atoms with Gasteiger partial charge < -0.3 is 15.4 Å². The Kier molecular flexibility index (Phi) is 5.05. The van der Waals surface area contributed by atoms with E-state index in [2.05, 4.69) is 40.5 Å². The lowest BCUT2D eigenvalue weighted by molar-refractivity contribution is 0.415. The number of methoxy groups -OCH3 is 1. The number of hydrogen-bond donors (Lipinski definition) is 2. The van der Waals surface area contributed by atoms with E-state index in [1.807, 2.05) is 24.3 Å². The van der Waals surface area contributed by atoms with Gasteiger partial charge in [-0.2, -0.15) is 4.98 Å². The Morgan fingerprint density at radius 3 is 2.64 bits per heavy atom. The van der Waals surface area contributed by atoms with Crippen LogP contribution in [0.4, 0.5) is 23.1 Å². The third kappa shape index (κ3) is 4.00. The van der Waals surface area contributed by atoms with E-state index in [1.165, 1.54) is 11.1 Å². The van der Waals surface area contributed by atoms with Gasteiger partial charge in [0.1, 0.15) is 11.6 Å². The number of nitrogens with zero attached hydrogens (tertiary/aromatic N) is 2. The molecule has 0 aliphatic rings. The molecule has 0 aliphatic carbocycles. The van der Waals surface area contributed by atoms with Crippen LogP contribution in [0, 0.1) is 13.8 Å². The minimum atomic E-state index is 0.483. The van der Waals surface area contributed by atoms with Gasteiger partial charge in [0.25, 0.3) is 0 Å². The lowest BCUT2D eigenvalue weighted by Crippen LogP contribution is -2.01. The SMILES string of the molecule is COc1ccc(Nc2nccc(Nc3cccc(C)c3C)n2)cc1Cl. The van der Waals surface area contributed by atoms with E-state index in [4.69, 9.17) is 16.3 Å². The maximum atomic E-state index is 6.15. The Morgan fingerprint density at radius 2 is 1.88 bits per heavy atom. The van der Waals surface area contributed by atoms with Crippen molar-refractivity contribution in [3.63, 3.8) is 0 Å². The lowest BCUT2D eigenvalue weighted by atomic mass is 10.1. The molecule has 1 aromatic heterocycles. The van der Waals surface area contributed by atoms with E-state index < -0.39 is 0 Å². The molecule has 2 aromatic carbocycles. The van der Waals surface area contributed by atoms with Crippen LogP contribution in [-0.4, -0.2) is 17.1 Å². The van der Waals surface area contributed by atoms with Gasteiger partial charge in [0, 0.05) is 17.6 Å². The van der Waals surface area contributed by atoms with Crippen molar-refractivity contribution >= 4 is 34.7 Å². The molecule has 5 nitrogen and oxygen atoms in total. The molecule has 6 heteroatoms. The molecule has 3 rings (SSSR count). The van der Waals surface area contributed by atoms with Gasteiger partial charge in [-0.1, -0.05) is 23.7 Å². The standard InChI is InChI=1S/C19H19ClN4O/c1-12-5-4-6-16(13(12)2)23-18-9-10-21-19(24-18)22-14-7-8-17(25-3)15(20)11-14/h4-11H,1-3H3,(H2,21,22,23,24). The normalized spacial score (nSPS) is 10.4. The van der Waals surface area contributed by atoms with Gasteiger partial charge in [-0.25, -0.2) is 4.98 Å². The zero-order valence-corrected chi connectivity index (χ0v) is 15.1. The fraction of sp³-hybridized carbons (Fsp3) is 0.158. The zero-order valence-electron chi connectivity index (χ0n) is 14.3. The number of aromatic nitrogens is 2. The average molecular weight is 355 g/mol. The van der Waals surface area contributed by atoms with Crippen molar-refractivity contribution in [2.75, 3.05) is 17.7 Å². The predicted molar refractivity (Wildman–Crippen MR) is 103 cm³/mol. The van der Waals surface area contributed by atoms with Crippen molar-refractivity contribution in [3.05, 3.63) is 64.8 Å². The molecule has 1 heterocycles. The minimum Gasteiger partial charge on any atom is -0.495 e. The molecule has 128 valence electrons. The average Bonchev–Trinajstić information content (AvgIpc) is 2.60.